The van der Waals surface area contributed by atoms with Gasteiger partial charge in [0.1, 0.15) is 6.61 Å². The van der Waals surface area contributed by atoms with Crippen molar-refractivity contribution in [2.45, 2.75) is 38.9 Å². The molecule has 1 aromatic heterocycles. The number of carbonyl (C=O) groups is 1. The zero-order valence-electron chi connectivity index (χ0n) is 15.1. The predicted molar refractivity (Wildman–Crippen MR) is 89.9 cm³/mol. The van der Waals surface area contributed by atoms with E-state index in [0.29, 0.717) is 44.4 Å². The number of ether oxygens (including phenoxy) is 2. The topological polar surface area (TPSA) is 80.9 Å². The number of piperidine rings is 1. The van der Waals surface area contributed by atoms with Crippen LogP contribution in [0.5, 0.6) is 0 Å². The van der Waals surface area contributed by atoms with E-state index in [9.17, 15) is 4.79 Å². The maximum Gasteiger partial charge on any atom is 0.229 e. The van der Waals surface area contributed by atoms with E-state index in [1.807, 2.05) is 4.90 Å². The van der Waals surface area contributed by atoms with E-state index >= 15 is 0 Å². The third-order valence-corrected chi connectivity index (χ3v) is 5.02. The lowest BCUT2D eigenvalue weighted by Crippen LogP contribution is -2.50. The Morgan fingerprint density at radius 3 is 2.84 bits per heavy atom. The summed E-state index contributed by atoms with van der Waals surface area (Å²) in [5, 5.41) is 3.86. The van der Waals surface area contributed by atoms with E-state index in [1.165, 1.54) is 0 Å². The lowest BCUT2D eigenvalue weighted by Gasteiger charge is -2.37. The van der Waals surface area contributed by atoms with Gasteiger partial charge in [-0.25, -0.2) is 0 Å². The number of rotatable bonds is 6. The highest BCUT2D eigenvalue weighted by molar-refractivity contribution is 5.79. The molecule has 0 aliphatic carbocycles. The fourth-order valence-corrected chi connectivity index (χ4v) is 3.55. The van der Waals surface area contributed by atoms with Gasteiger partial charge in [-0.05, 0) is 32.5 Å². The molecule has 1 amide bonds. The smallest absolute Gasteiger partial charge is 0.229 e. The molecule has 1 aromatic rings. The Balaban J connectivity index is 1.51. The number of likely N-dealkylation sites (tertiary alicyclic amines) is 1. The summed E-state index contributed by atoms with van der Waals surface area (Å²) in [5.41, 5.74) is 0. The van der Waals surface area contributed by atoms with Crippen molar-refractivity contribution in [2.75, 3.05) is 46.4 Å². The average Bonchev–Trinajstić information content (AvgIpc) is 3.09. The summed E-state index contributed by atoms with van der Waals surface area (Å²) < 4.78 is 16.0. The molecule has 0 spiro atoms. The molecule has 0 N–H and O–H groups in total. The molecule has 8 heteroatoms. The van der Waals surface area contributed by atoms with Crippen LogP contribution in [0.3, 0.4) is 0 Å². The number of amides is 1. The predicted octanol–water partition coefficient (Wildman–Crippen LogP) is 0.718. The minimum atomic E-state index is -0.0933. The van der Waals surface area contributed by atoms with Crippen molar-refractivity contribution in [3.8, 4) is 0 Å². The lowest BCUT2D eigenvalue weighted by molar-refractivity contribution is -0.144. The number of methoxy groups -OCH3 is 1. The van der Waals surface area contributed by atoms with E-state index in [-0.39, 0.29) is 17.9 Å². The summed E-state index contributed by atoms with van der Waals surface area (Å²) in [6, 6.07) is 0. The van der Waals surface area contributed by atoms with E-state index in [4.69, 9.17) is 14.0 Å². The van der Waals surface area contributed by atoms with Gasteiger partial charge in [0.25, 0.3) is 0 Å². The first-order chi connectivity index (χ1) is 12.2. The first-order valence-electron chi connectivity index (χ1n) is 9.12. The molecule has 25 heavy (non-hydrogen) atoms. The van der Waals surface area contributed by atoms with Crippen molar-refractivity contribution >= 4 is 5.91 Å². The van der Waals surface area contributed by atoms with E-state index in [0.717, 1.165) is 32.5 Å². The van der Waals surface area contributed by atoms with Crippen LogP contribution < -0.4 is 0 Å². The molecule has 0 unspecified atom stereocenters. The van der Waals surface area contributed by atoms with Gasteiger partial charge >= 0.3 is 0 Å². The van der Waals surface area contributed by atoms with E-state index in [1.54, 1.807) is 7.11 Å². The highest BCUT2D eigenvalue weighted by Gasteiger charge is 2.32. The van der Waals surface area contributed by atoms with Crippen molar-refractivity contribution in [2.24, 2.45) is 5.92 Å². The van der Waals surface area contributed by atoms with Gasteiger partial charge < -0.3 is 23.8 Å². The van der Waals surface area contributed by atoms with Crippen LogP contribution in [-0.2, 0) is 27.3 Å². The highest BCUT2D eigenvalue weighted by atomic mass is 16.5. The third-order valence-electron chi connectivity index (χ3n) is 5.02. The lowest BCUT2D eigenvalue weighted by atomic mass is 9.95. The summed E-state index contributed by atoms with van der Waals surface area (Å²) in [6.07, 6.45) is 2.34. The van der Waals surface area contributed by atoms with Gasteiger partial charge in [-0.15, -0.1) is 0 Å². The molecule has 1 atom stereocenters. The Bertz CT molecular complexity index is 557. The molecule has 0 bridgehead atoms. The van der Waals surface area contributed by atoms with Crippen LogP contribution in [0.4, 0.5) is 0 Å². The summed E-state index contributed by atoms with van der Waals surface area (Å²) in [7, 11) is 1.59. The van der Waals surface area contributed by atoms with Crippen molar-refractivity contribution in [3.05, 3.63) is 11.7 Å². The largest absolute Gasteiger partial charge is 0.377 e. The molecular weight excluding hydrogens is 324 g/mol. The Kier molecular flexibility index (Phi) is 6.39. The summed E-state index contributed by atoms with van der Waals surface area (Å²) in [6.45, 7) is 7.42. The van der Waals surface area contributed by atoms with Crippen LogP contribution >= 0.6 is 0 Å². The molecule has 0 radical (unpaired) electrons. The maximum atomic E-state index is 12.8. The number of nitrogens with zero attached hydrogens (tertiary/aromatic N) is 4. The van der Waals surface area contributed by atoms with Crippen molar-refractivity contribution < 1.29 is 18.8 Å². The summed E-state index contributed by atoms with van der Waals surface area (Å²) in [5.74, 6) is 1.49. The zero-order valence-corrected chi connectivity index (χ0v) is 15.1. The molecule has 3 rings (SSSR count). The first-order valence-corrected chi connectivity index (χ1v) is 9.12. The zero-order chi connectivity index (χ0) is 17.6. The van der Waals surface area contributed by atoms with E-state index in [2.05, 4.69) is 22.0 Å². The van der Waals surface area contributed by atoms with Crippen LogP contribution in [0.1, 0.15) is 31.5 Å². The van der Waals surface area contributed by atoms with Crippen LogP contribution in [0.25, 0.3) is 0 Å². The first kappa shape index (κ1) is 18.3. The second-order valence-corrected chi connectivity index (χ2v) is 6.73. The highest BCUT2D eigenvalue weighted by Crippen LogP contribution is 2.21. The standard InChI is InChI=1S/C17H28N4O4/c1-3-20-6-4-13(5-7-20)17(22)21-8-9-24-14(11-21)10-16-18-15(12-23-2)19-25-16/h13-14H,3-12H2,1-2H3/t14-/m1/s1. The van der Waals surface area contributed by atoms with Gasteiger partial charge in [-0.3, -0.25) is 4.79 Å². The quantitative estimate of drug-likeness (QED) is 0.746. The monoisotopic (exact) mass is 352 g/mol. The van der Waals surface area contributed by atoms with Crippen molar-refractivity contribution in [1.82, 2.24) is 19.9 Å². The van der Waals surface area contributed by atoms with Gasteiger partial charge in [0.2, 0.25) is 11.8 Å². The number of morpholine rings is 1. The average molecular weight is 352 g/mol. The van der Waals surface area contributed by atoms with Gasteiger partial charge in [0.05, 0.1) is 19.1 Å². The Morgan fingerprint density at radius 2 is 2.12 bits per heavy atom. The van der Waals surface area contributed by atoms with Crippen LogP contribution in [0.15, 0.2) is 4.52 Å². The molecule has 0 aromatic carbocycles. The molecular formula is C17H28N4O4. The second kappa shape index (κ2) is 8.73. The third kappa shape index (κ3) is 4.77. The fourth-order valence-electron chi connectivity index (χ4n) is 3.55. The molecule has 0 saturated carbocycles. The molecule has 2 saturated heterocycles. The van der Waals surface area contributed by atoms with Crippen molar-refractivity contribution in [3.63, 3.8) is 0 Å². The fraction of sp³-hybridized carbons (Fsp3) is 0.824. The Labute approximate surface area is 148 Å². The second-order valence-electron chi connectivity index (χ2n) is 6.73. The molecule has 2 fully saturated rings. The minimum absolute atomic E-state index is 0.0933. The van der Waals surface area contributed by atoms with Gasteiger partial charge in [0.15, 0.2) is 5.82 Å². The normalized spacial score (nSPS) is 23.1. The Morgan fingerprint density at radius 1 is 1.32 bits per heavy atom. The van der Waals surface area contributed by atoms with E-state index < -0.39 is 0 Å². The molecule has 140 valence electrons. The van der Waals surface area contributed by atoms with Gasteiger partial charge in [-0.2, -0.15) is 4.98 Å². The van der Waals surface area contributed by atoms with Gasteiger partial charge in [0, 0.05) is 26.1 Å². The number of hydrogen-bond donors (Lipinski definition) is 0. The molecule has 2 aliphatic rings. The van der Waals surface area contributed by atoms with Crippen LogP contribution in [-0.4, -0.2) is 78.4 Å². The Hall–Kier alpha value is -1.51. The number of aromatic nitrogens is 2. The number of carbonyl (C=O) groups excluding carboxylic acids is 1. The molecule has 2 aliphatic heterocycles. The maximum absolute atomic E-state index is 12.8. The van der Waals surface area contributed by atoms with Crippen molar-refractivity contribution in [1.29, 1.82) is 0 Å². The SMILES string of the molecule is CCN1CCC(C(=O)N2CCO[C@H](Cc3nc(COC)no3)C2)CC1. The van der Waals surface area contributed by atoms with Gasteiger partial charge in [-0.1, -0.05) is 12.1 Å². The van der Waals surface area contributed by atoms with Crippen LogP contribution in [0, 0.1) is 5.92 Å². The molecule has 3 heterocycles. The molecule has 8 nitrogen and oxygen atoms in total. The van der Waals surface area contributed by atoms with Crippen LogP contribution in [0.2, 0.25) is 0 Å². The number of hydrogen-bond acceptors (Lipinski definition) is 7. The summed E-state index contributed by atoms with van der Waals surface area (Å²) >= 11 is 0. The summed E-state index contributed by atoms with van der Waals surface area (Å²) in [4.78, 5) is 21.5. The minimum Gasteiger partial charge on any atom is -0.377 e.